The Bertz CT molecular complexity index is 663. The minimum absolute atomic E-state index is 0.103. The van der Waals surface area contributed by atoms with Gasteiger partial charge in [-0.3, -0.25) is 9.78 Å². The molecule has 114 valence electrons. The highest BCUT2D eigenvalue weighted by Gasteiger charge is 2.24. The minimum Gasteiger partial charge on any atom is -0.378 e. The first-order valence-corrected chi connectivity index (χ1v) is 7.43. The van der Waals surface area contributed by atoms with Gasteiger partial charge in [0.1, 0.15) is 5.69 Å². The molecule has 0 radical (unpaired) electrons. The summed E-state index contributed by atoms with van der Waals surface area (Å²) in [6.07, 6.45) is 3.79. The number of carbonyl (C=O) groups is 1. The fraction of sp³-hybridized carbons (Fsp3) is 0.294. The minimum atomic E-state index is -0.103. The lowest BCUT2D eigenvalue weighted by Gasteiger charge is -2.13. The largest absolute Gasteiger partial charge is 0.378 e. The summed E-state index contributed by atoms with van der Waals surface area (Å²) in [5.41, 5.74) is 3.42. The predicted molar refractivity (Wildman–Crippen MR) is 88.8 cm³/mol. The Morgan fingerprint density at radius 1 is 1.14 bits per heavy atom. The first-order valence-electron chi connectivity index (χ1n) is 7.43. The molecule has 0 aliphatic heterocycles. The summed E-state index contributed by atoms with van der Waals surface area (Å²) in [6.45, 7) is 0. The van der Waals surface area contributed by atoms with Crippen LogP contribution in [0.4, 0.5) is 17.1 Å². The lowest BCUT2D eigenvalue weighted by molar-refractivity contribution is 0.0946. The normalized spacial score (nSPS) is 13.5. The van der Waals surface area contributed by atoms with Crippen LogP contribution in [0.5, 0.6) is 0 Å². The van der Waals surface area contributed by atoms with Crippen molar-refractivity contribution >= 4 is 23.0 Å². The topological polar surface area (TPSA) is 57.3 Å². The number of benzene rings is 1. The van der Waals surface area contributed by atoms with E-state index in [1.54, 1.807) is 12.3 Å². The Hall–Kier alpha value is -2.56. The molecule has 1 aliphatic rings. The van der Waals surface area contributed by atoms with Gasteiger partial charge in [0.15, 0.2) is 0 Å². The van der Waals surface area contributed by atoms with E-state index in [2.05, 4.69) is 20.5 Å². The number of nitrogens with zero attached hydrogens (tertiary/aromatic N) is 2. The molecule has 1 saturated carbocycles. The van der Waals surface area contributed by atoms with Crippen molar-refractivity contribution in [2.24, 2.45) is 0 Å². The number of hydrogen-bond donors (Lipinski definition) is 2. The summed E-state index contributed by atoms with van der Waals surface area (Å²) in [6, 6.07) is 12.1. The van der Waals surface area contributed by atoms with Gasteiger partial charge in [0, 0.05) is 43.4 Å². The van der Waals surface area contributed by atoms with Crippen LogP contribution in [0.1, 0.15) is 23.3 Å². The van der Waals surface area contributed by atoms with E-state index >= 15 is 0 Å². The maximum atomic E-state index is 12.0. The second-order valence-corrected chi connectivity index (χ2v) is 5.74. The molecule has 1 aromatic heterocycles. The third-order valence-electron chi connectivity index (χ3n) is 3.58. The summed E-state index contributed by atoms with van der Waals surface area (Å²) in [4.78, 5) is 18.2. The molecule has 1 heterocycles. The average Bonchev–Trinajstić information content (AvgIpc) is 3.32. The van der Waals surface area contributed by atoms with E-state index in [-0.39, 0.29) is 5.91 Å². The molecule has 22 heavy (non-hydrogen) atoms. The summed E-state index contributed by atoms with van der Waals surface area (Å²) in [7, 11) is 4.02. The van der Waals surface area contributed by atoms with Crippen LogP contribution in [-0.4, -0.2) is 31.0 Å². The highest BCUT2D eigenvalue weighted by molar-refractivity contribution is 5.93. The lowest BCUT2D eigenvalue weighted by atomic mass is 10.2. The Morgan fingerprint density at radius 3 is 2.50 bits per heavy atom. The van der Waals surface area contributed by atoms with Gasteiger partial charge in [-0.05, 0) is 49.2 Å². The number of nitrogens with one attached hydrogen (secondary N) is 2. The van der Waals surface area contributed by atoms with Crippen LogP contribution >= 0.6 is 0 Å². The van der Waals surface area contributed by atoms with E-state index in [1.165, 1.54) is 0 Å². The first-order chi connectivity index (χ1) is 10.6. The monoisotopic (exact) mass is 296 g/mol. The zero-order valence-corrected chi connectivity index (χ0v) is 12.8. The van der Waals surface area contributed by atoms with Gasteiger partial charge in [0.2, 0.25) is 0 Å². The molecular weight excluding hydrogens is 276 g/mol. The SMILES string of the molecule is CN(C)c1ccc(Nc2ccnc(C(=O)NC3CC3)c2)cc1. The number of amides is 1. The Morgan fingerprint density at radius 2 is 1.86 bits per heavy atom. The lowest BCUT2D eigenvalue weighted by Crippen LogP contribution is -2.26. The maximum Gasteiger partial charge on any atom is 0.270 e. The molecule has 0 spiro atoms. The zero-order chi connectivity index (χ0) is 15.5. The number of anilines is 3. The van der Waals surface area contributed by atoms with Gasteiger partial charge in [0.25, 0.3) is 5.91 Å². The number of pyridine rings is 1. The van der Waals surface area contributed by atoms with Crippen molar-refractivity contribution in [3.05, 3.63) is 48.3 Å². The molecule has 3 rings (SSSR count). The van der Waals surface area contributed by atoms with Crippen LogP contribution in [0.3, 0.4) is 0 Å². The van der Waals surface area contributed by atoms with Crippen molar-refractivity contribution in [3.8, 4) is 0 Å². The number of rotatable bonds is 5. The van der Waals surface area contributed by atoms with E-state index in [0.29, 0.717) is 11.7 Å². The van der Waals surface area contributed by atoms with Crippen LogP contribution in [0, 0.1) is 0 Å². The van der Waals surface area contributed by atoms with Crippen molar-refractivity contribution in [2.75, 3.05) is 24.3 Å². The fourth-order valence-electron chi connectivity index (χ4n) is 2.13. The van der Waals surface area contributed by atoms with E-state index in [9.17, 15) is 4.79 Å². The van der Waals surface area contributed by atoms with Crippen LogP contribution in [0.25, 0.3) is 0 Å². The Balaban J connectivity index is 1.70. The molecular formula is C17H20N4O. The second kappa shape index (κ2) is 6.05. The Labute approximate surface area is 130 Å². The van der Waals surface area contributed by atoms with Crippen molar-refractivity contribution < 1.29 is 4.79 Å². The fourth-order valence-corrected chi connectivity index (χ4v) is 2.13. The van der Waals surface area contributed by atoms with Crippen molar-refractivity contribution in [1.82, 2.24) is 10.3 Å². The number of carbonyl (C=O) groups excluding carboxylic acids is 1. The standard InChI is InChI=1S/C17H20N4O/c1-21(2)15-7-5-12(6-8-15)19-14-9-10-18-16(11-14)17(22)20-13-3-4-13/h5-11,13H,3-4H2,1-2H3,(H,18,19)(H,20,22). The van der Waals surface area contributed by atoms with Gasteiger partial charge in [-0.25, -0.2) is 0 Å². The van der Waals surface area contributed by atoms with Crippen molar-refractivity contribution in [2.45, 2.75) is 18.9 Å². The van der Waals surface area contributed by atoms with Crippen LogP contribution in [0.2, 0.25) is 0 Å². The molecule has 0 atom stereocenters. The summed E-state index contributed by atoms with van der Waals surface area (Å²) < 4.78 is 0. The summed E-state index contributed by atoms with van der Waals surface area (Å²) >= 11 is 0. The molecule has 1 fully saturated rings. The van der Waals surface area contributed by atoms with E-state index in [0.717, 1.165) is 29.9 Å². The third-order valence-corrected chi connectivity index (χ3v) is 3.58. The van der Waals surface area contributed by atoms with Crippen LogP contribution in [-0.2, 0) is 0 Å². The molecule has 0 saturated heterocycles. The maximum absolute atomic E-state index is 12.0. The molecule has 0 bridgehead atoms. The van der Waals surface area contributed by atoms with Gasteiger partial charge in [-0.15, -0.1) is 0 Å². The highest BCUT2D eigenvalue weighted by Crippen LogP contribution is 2.21. The number of hydrogen-bond acceptors (Lipinski definition) is 4. The quantitative estimate of drug-likeness (QED) is 0.891. The molecule has 2 aromatic rings. The van der Waals surface area contributed by atoms with Gasteiger partial charge in [-0.2, -0.15) is 0 Å². The van der Waals surface area contributed by atoms with Gasteiger partial charge >= 0.3 is 0 Å². The third kappa shape index (κ3) is 3.55. The zero-order valence-electron chi connectivity index (χ0n) is 12.8. The smallest absolute Gasteiger partial charge is 0.270 e. The van der Waals surface area contributed by atoms with Crippen LogP contribution in [0.15, 0.2) is 42.6 Å². The predicted octanol–water partition coefficient (Wildman–Crippen LogP) is 2.78. The average molecular weight is 296 g/mol. The van der Waals surface area contributed by atoms with Crippen LogP contribution < -0.4 is 15.5 Å². The van der Waals surface area contributed by atoms with E-state index in [1.807, 2.05) is 44.4 Å². The van der Waals surface area contributed by atoms with E-state index < -0.39 is 0 Å². The molecule has 5 heteroatoms. The van der Waals surface area contributed by atoms with Gasteiger partial charge in [0.05, 0.1) is 0 Å². The molecule has 2 N–H and O–H groups in total. The highest BCUT2D eigenvalue weighted by atomic mass is 16.2. The second-order valence-electron chi connectivity index (χ2n) is 5.74. The summed E-state index contributed by atoms with van der Waals surface area (Å²) in [5.74, 6) is -0.103. The molecule has 1 aliphatic carbocycles. The van der Waals surface area contributed by atoms with Crippen molar-refractivity contribution in [3.63, 3.8) is 0 Å². The molecule has 5 nitrogen and oxygen atoms in total. The molecule has 0 unspecified atom stereocenters. The van der Waals surface area contributed by atoms with E-state index in [4.69, 9.17) is 0 Å². The van der Waals surface area contributed by atoms with Gasteiger partial charge < -0.3 is 15.5 Å². The molecule has 1 amide bonds. The molecule has 1 aromatic carbocycles. The van der Waals surface area contributed by atoms with Crippen molar-refractivity contribution in [1.29, 1.82) is 0 Å². The first kappa shape index (κ1) is 14.4. The Kier molecular flexibility index (Phi) is 3.96. The number of aromatic nitrogens is 1. The summed E-state index contributed by atoms with van der Waals surface area (Å²) in [5, 5.41) is 6.24. The van der Waals surface area contributed by atoms with Gasteiger partial charge in [-0.1, -0.05) is 0 Å².